The van der Waals surface area contributed by atoms with Crippen LogP contribution in [0.15, 0.2) is 28.2 Å². The summed E-state index contributed by atoms with van der Waals surface area (Å²) in [5.41, 5.74) is 3.01. The average Bonchev–Trinajstić information content (AvgIpc) is 3.09. The molecule has 0 radical (unpaired) electrons. The van der Waals surface area contributed by atoms with E-state index in [0.29, 0.717) is 17.8 Å². The second kappa shape index (κ2) is 5.65. The Bertz CT molecular complexity index is 791. The first-order chi connectivity index (χ1) is 10.2. The van der Waals surface area contributed by atoms with Crippen molar-refractivity contribution in [2.45, 2.75) is 26.8 Å². The zero-order valence-corrected chi connectivity index (χ0v) is 12.7. The lowest BCUT2D eigenvalue weighted by atomic mass is 10.1. The van der Waals surface area contributed by atoms with Crippen molar-refractivity contribution in [1.82, 2.24) is 15.5 Å². The molecule has 3 rings (SSSR count). The maximum absolute atomic E-state index is 12.2. The summed E-state index contributed by atoms with van der Waals surface area (Å²) in [6.07, 6.45) is 2.26. The maximum atomic E-state index is 12.2. The normalized spacial score (nSPS) is 11.0. The predicted octanol–water partition coefficient (Wildman–Crippen LogP) is 3.09. The summed E-state index contributed by atoms with van der Waals surface area (Å²) in [6.45, 7) is 4.56. The van der Waals surface area contributed by atoms with E-state index in [1.807, 2.05) is 25.3 Å². The molecular formula is C15H15N3O2S. The van der Waals surface area contributed by atoms with Crippen LogP contribution in [0.4, 0.5) is 0 Å². The van der Waals surface area contributed by atoms with E-state index in [1.165, 1.54) is 11.8 Å². The molecule has 3 heterocycles. The molecule has 5 nitrogen and oxygen atoms in total. The lowest BCUT2D eigenvalue weighted by Gasteiger charge is -2.04. The molecule has 0 spiro atoms. The Labute approximate surface area is 126 Å². The molecule has 0 saturated heterocycles. The number of rotatable bonds is 4. The highest BCUT2D eigenvalue weighted by molar-refractivity contribution is 7.10. The molecule has 6 heteroatoms. The summed E-state index contributed by atoms with van der Waals surface area (Å²) < 4.78 is 5.12. The van der Waals surface area contributed by atoms with E-state index < -0.39 is 0 Å². The van der Waals surface area contributed by atoms with Gasteiger partial charge >= 0.3 is 0 Å². The van der Waals surface area contributed by atoms with Crippen LogP contribution < -0.4 is 5.32 Å². The van der Waals surface area contributed by atoms with E-state index in [4.69, 9.17) is 4.52 Å². The summed E-state index contributed by atoms with van der Waals surface area (Å²) in [6, 6.07) is 3.83. The maximum Gasteiger partial charge on any atom is 0.257 e. The summed E-state index contributed by atoms with van der Waals surface area (Å²) in [5, 5.41) is 9.69. The minimum atomic E-state index is -0.138. The number of pyridine rings is 1. The quantitative estimate of drug-likeness (QED) is 0.804. The van der Waals surface area contributed by atoms with Gasteiger partial charge in [-0.1, -0.05) is 12.1 Å². The predicted molar refractivity (Wildman–Crippen MR) is 81.4 cm³/mol. The minimum absolute atomic E-state index is 0.138. The van der Waals surface area contributed by atoms with Crippen LogP contribution in [-0.4, -0.2) is 16.0 Å². The van der Waals surface area contributed by atoms with Crippen molar-refractivity contribution in [3.05, 3.63) is 45.4 Å². The van der Waals surface area contributed by atoms with Crippen molar-refractivity contribution in [2.24, 2.45) is 0 Å². The Morgan fingerprint density at radius 3 is 3.05 bits per heavy atom. The number of carbonyl (C=O) groups is 1. The fourth-order valence-corrected chi connectivity index (χ4v) is 2.95. The molecule has 0 atom stereocenters. The third-order valence-corrected chi connectivity index (χ3v) is 4.40. The molecule has 3 aromatic heterocycles. The molecule has 108 valence electrons. The summed E-state index contributed by atoms with van der Waals surface area (Å²) in [5.74, 6) is -0.138. The fourth-order valence-electron chi connectivity index (χ4n) is 2.11. The van der Waals surface area contributed by atoms with Crippen LogP contribution in [0.3, 0.4) is 0 Å². The number of nitrogens with one attached hydrogen (secondary N) is 1. The molecule has 0 saturated carbocycles. The summed E-state index contributed by atoms with van der Waals surface area (Å²) in [4.78, 5) is 17.5. The largest absolute Gasteiger partial charge is 0.347 e. The van der Waals surface area contributed by atoms with E-state index in [0.717, 1.165) is 22.4 Å². The molecule has 3 aromatic rings. The first-order valence-electron chi connectivity index (χ1n) is 6.74. The van der Waals surface area contributed by atoms with Crippen molar-refractivity contribution in [1.29, 1.82) is 0 Å². The van der Waals surface area contributed by atoms with Crippen molar-refractivity contribution >= 4 is 28.3 Å². The first kappa shape index (κ1) is 13.8. The zero-order chi connectivity index (χ0) is 14.8. The Kier molecular flexibility index (Phi) is 3.70. The molecule has 0 aliphatic carbocycles. The van der Waals surface area contributed by atoms with Gasteiger partial charge in [0.25, 0.3) is 11.6 Å². The van der Waals surface area contributed by atoms with Gasteiger partial charge in [-0.3, -0.25) is 4.79 Å². The third-order valence-electron chi connectivity index (χ3n) is 3.38. The van der Waals surface area contributed by atoms with Crippen molar-refractivity contribution in [3.8, 4) is 0 Å². The van der Waals surface area contributed by atoms with Gasteiger partial charge in [-0.15, -0.1) is 11.3 Å². The molecule has 0 unspecified atom stereocenters. The van der Waals surface area contributed by atoms with Gasteiger partial charge in [-0.05, 0) is 36.4 Å². The molecule has 0 aromatic carbocycles. The van der Waals surface area contributed by atoms with Gasteiger partial charge in [0, 0.05) is 11.1 Å². The van der Waals surface area contributed by atoms with Crippen LogP contribution in [-0.2, 0) is 13.0 Å². The van der Waals surface area contributed by atoms with Crippen LogP contribution in [0, 0.1) is 6.92 Å². The molecule has 0 aliphatic heterocycles. The zero-order valence-electron chi connectivity index (χ0n) is 11.8. The average molecular weight is 301 g/mol. The lowest BCUT2D eigenvalue weighted by Crippen LogP contribution is -2.22. The van der Waals surface area contributed by atoms with Gasteiger partial charge < -0.3 is 9.84 Å². The van der Waals surface area contributed by atoms with Crippen molar-refractivity contribution in [2.75, 3.05) is 0 Å². The van der Waals surface area contributed by atoms with Gasteiger partial charge in [0.15, 0.2) is 0 Å². The fraction of sp³-hybridized carbons (Fsp3) is 0.267. The number of amides is 1. The molecule has 0 fully saturated rings. The van der Waals surface area contributed by atoms with Crippen LogP contribution >= 0.6 is 11.3 Å². The van der Waals surface area contributed by atoms with Crippen LogP contribution in [0.5, 0.6) is 0 Å². The van der Waals surface area contributed by atoms with Gasteiger partial charge in [0.05, 0.1) is 23.2 Å². The number of aromatic nitrogens is 2. The lowest BCUT2D eigenvalue weighted by molar-refractivity contribution is 0.0951. The minimum Gasteiger partial charge on any atom is -0.347 e. The van der Waals surface area contributed by atoms with E-state index in [-0.39, 0.29) is 5.91 Å². The van der Waals surface area contributed by atoms with Gasteiger partial charge in [0.2, 0.25) is 0 Å². The van der Waals surface area contributed by atoms with Crippen LogP contribution in [0.2, 0.25) is 0 Å². The monoisotopic (exact) mass is 301 g/mol. The highest BCUT2D eigenvalue weighted by Gasteiger charge is 2.13. The van der Waals surface area contributed by atoms with Crippen LogP contribution in [0.25, 0.3) is 11.1 Å². The molecule has 1 amide bonds. The summed E-state index contributed by atoms with van der Waals surface area (Å²) >= 11 is 1.64. The second-order valence-corrected chi connectivity index (χ2v) is 5.77. The number of hydrogen-bond donors (Lipinski definition) is 1. The second-order valence-electron chi connectivity index (χ2n) is 4.77. The third kappa shape index (κ3) is 2.67. The molecular weight excluding hydrogens is 286 g/mol. The Balaban J connectivity index is 1.79. The number of hydrogen-bond acceptors (Lipinski definition) is 5. The van der Waals surface area contributed by atoms with Gasteiger partial charge in [0.1, 0.15) is 0 Å². The number of aryl methyl sites for hydroxylation is 2. The number of nitrogens with zero attached hydrogens (tertiary/aromatic N) is 2. The number of fused-ring (bicyclic) bond motifs is 1. The Hall–Kier alpha value is -2.21. The molecule has 1 N–H and O–H groups in total. The topological polar surface area (TPSA) is 68.0 Å². The SMILES string of the molecule is CCc1noc2ncc(C(=O)NCc3sccc3C)cc12. The van der Waals surface area contributed by atoms with E-state index >= 15 is 0 Å². The smallest absolute Gasteiger partial charge is 0.257 e. The standard InChI is InChI=1S/C15H15N3O2S/c1-3-12-11-6-10(7-17-15(11)20-18-12)14(19)16-8-13-9(2)4-5-21-13/h4-7H,3,8H2,1-2H3,(H,16,19). The first-order valence-corrected chi connectivity index (χ1v) is 7.62. The van der Waals surface area contributed by atoms with E-state index in [9.17, 15) is 4.79 Å². The van der Waals surface area contributed by atoms with Crippen molar-refractivity contribution < 1.29 is 9.32 Å². The summed E-state index contributed by atoms with van der Waals surface area (Å²) in [7, 11) is 0. The highest BCUT2D eigenvalue weighted by atomic mass is 32.1. The number of carbonyl (C=O) groups excluding carboxylic acids is 1. The Morgan fingerprint density at radius 2 is 2.33 bits per heavy atom. The molecule has 0 aliphatic rings. The highest BCUT2D eigenvalue weighted by Crippen LogP contribution is 2.19. The molecule has 0 bridgehead atoms. The molecule has 21 heavy (non-hydrogen) atoms. The van der Waals surface area contributed by atoms with Gasteiger partial charge in [-0.25, -0.2) is 4.98 Å². The van der Waals surface area contributed by atoms with Crippen LogP contribution in [0.1, 0.15) is 33.4 Å². The number of thiophene rings is 1. The van der Waals surface area contributed by atoms with Gasteiger partial charge in [-0.2, -0.15) is 0 Å². The van der Waals surface area contributed by atoms with Crippen molar-refractivity contribution in [3.63, 3.8) is 0 Å². The van der Waals surface area contributed by atoms with E-state index in [1.54, 1.807) is 17.4 Å². The van der Waals surface area contributed by atoms with E-state index in [2.05, 4.69) is 15.5 Å². The Morgan fingerprint density at radius 1 is 1.48 bits per heavy atom.